The Morgan fingerprint density at radius 1 is 0.940 bits per heavy atom. The van der Waals surface area contributed by atoms with Gasteiger partial charge in [0, 0.05) is 51.7 Å². The number of amides is 2. The van der Waals surface area contributed by atoms with Gasteiger partial charge >= 0.3 is 0 Å². The molecule has 2 aliphatic rings. The molecule has 5 aromatic rings. The molecule has 0 spiro atoms. The summed E-state index contributed by atoms with van der Waals surface area (Å²) in [5.74, 6) is -2.63. The van der Waals surface area contributed by atoms with E-state index in [1.165, 1.54) is 16.7 Å². The largest absolute Gasteiger partial charge is 0.543 e. The van der Waals surface area contributed by atoms with Crippen molar-refractivity contribution in [1.29, 1.82) is 0 Å². The summed E-state index contributed by atoms with van der Waals surface area (Å²) in [6, 6.07) is 32.9. The van der Waals surface area contributed by atoms with Crippen LogP contribution >= 0.6 is 23.3 Å². The fraction of sp³-hybridized carbons (Fsp3) is 0.139. The Hall–Kier alpha value is -5.86. The van der Waals surface area contributed by atoms with Crippen LogP contribution in [0.2, 0.25) is 0 Å². The highest BCUT2D eigenvalue weighted by Gasteiger charge is 2.53. The number of hydrogen-bond acceptors (Lipinski definition) is 11. The normalized spacial score (nSPS) is 17.5. The highest BCUT2D eigenvalue weighted by Crippen LogP contribution is 2.42. The summed E-state index contributed by atoms with van der Waals surface area (Å²) in [5.41, 5.74) is 6.83. The van der Waals surface area contributed by atoms with Crippen LogP contribution in [-0.2, 0) is 31.4 Å². The molecule has 2 aliphatic heterocycles. The Kier molecular flexibility index (Phi) is 9.11. The van der Waals surface area contributed by atoms with E-state index in [0.717, 1.165) is 28.2 Å². The fourth-order valence-corrected chi connectivity index (χ4v) is 7.84. The lowest BCUT2D eigenvalue weighted by molar-refractivity contribution is -0.689. The molecule has 12 nitrogen and oxygen atoms in total. The molecule has 0 saturated carbocycles. The number of aliphatic carboxylic acids is 1. The highest BCUT2D eigenvalue weighted by atomic mass is 32.2. The molecule has 2 atom stereocenters. The molecule has 0 aliphatic carbocycles. The number of carboxylic acid groups (broad SMARTS) is 1. The third-order valence-electron chi connectivity index (χ3n) is 8.36. The first-order valence-corrected chi connectivity index (χ1v) is 17.3. The molecule has 2 amide bonds. The van der Waals surface area contributed by atoms with E-state index < -0.39 is 34.8 Å². The van der Waals surface area contributed by atoms with E-state index in [1.54, 1.807) is 0 Å². The lowest BCUT2D eigenvalue weighted by Crippen LogP contribution is -2.71. The number of carbonyl (C=O) groups is 3. The topological polar surface area (TPSA) is 167 Å². The molecule has 2 aromatic heterocycles. The number of pyridine rings is 1. The maximum absolute atomic E-state index is 14.1. The van der Waals surface area contributed by atoms with Crippen LogP contribution in [0.15, 0.2) is 138 Å². The van der Waals surface area contributed by atoms with Crippen LogP contribution in [0, 0.1) is 0 Å². The van der Waals surface area contributed by atoms with Crippen LogP contribution in [0.5, 0.6) is 0 Å². The zero-order valence-electron chi connectivity index (χ0n) is 26.3. The Labute approximate surface area is 295 Å². The lowest BCUT2D eigenvalue weighted by atomic mass is 9.80. The minimum atomic E-state index is -1.46. The van der Waals surface area contributed by atoms with E-state index >= 15 is 0 Å². The van der Waals surface area contributed by atoms with Crippen molar-refractivity contribution in [2.24, 2.45) is 5.16 Å². The minimum Gasteiger partial charge on any atom is -0.543 e. The van der Waals surface area contributed by atoms with Crippen molar-refractivity contribution in [2.75, 3.05) is 11.5 Å². The number of thioether (sulfide) groups is 1. The van der Waals surface area contributed by atoms with Crippen molar-refractivity contribution >= 4 is 51.9 Å². The quantitative estimate of drug-likeness (QED) is 0.0690. The SMILES string of the molecule is Nc1nc(C(=NOC(c2ccccc2)(c2ccccc2)c2ccccc2)C(=O)NC2C(=O)N3C(C(=O)[O-])=C(C[n+]4ccccc4)CS[C@H]23)ns1. The molecule has 3 aromatic carbocycles. The number of nitrogens with two attached hydrogens (primary N) is 1. The van der Waals surface area contributed by atoms with Crippen LogP contribution in [-0.4, -0.2) is 54.9 Å². The number of carboxylic acids is 1. The first kappa shape index (κ1) is 32.7. The number of anilines is 1. The Morgan fingerprint density at radius 3 is 2.02 bits per heavy atom. The van der Waals surface area contributed by atoms with Gasteiger partial charge in [0.1, 0.15) is 11.4 Å². The van der Waals surface area contributed by atoms with Gasteiger partial charge in [-0.25, -0.2) is 4.57 Å². The average molecular weight is 704 g/mol. The Balaban J connectivity index is 1.23. The number of aromatic nitrogens is 3. The van der Waals surface area contributed by atoms with E-state index in [9.17, 15) is 19.5 Å². The van der Waals surface area contributed by atoms with E-state index in [4.69, 9.17) is 10.6 Å². The van der Waals surface area contributed by atoms with Crippen LogP contribution in [0.25, 0.3) is 0 Å². The summed E-state index contributed by atoms with van der Waals surface area (Å²) in [5, 5.41) is 18.9. The van der Waals surface area contributed by atoms with Crippen molar-refractivity contribution in [2.45, 2.75) is 23.6 Å². The van der Waals surface area contributed by atoms with Crippen LogP contribution < -0.4 is 20.7 Å². The van der Waals surface area contributed by atoms with Gasteiger partial charge in [-0.2, -0.15) is 9.36 Å². The average Bonchev–Trinajstić information content (AvgIpc) is 3.59. The summed E-state index contributed by atoms with van der Waals surface area (Å²) >= 11 is 2.22. The number of benzene rings is 3. The standard InChI is InChI=1S/C36H29N7O5S2/c37-35-39-30(41-50-35)27(40-48-36(24-13-5-1-6-14-24,25-15-7-2-8-16-25)26-17-9-3-10-18-26)31(44)38-28-32(45)43-29(34(46)47)23(22-49-33(28)43)21-42-19-11-4-12-20-42/h1-20,28,33H,21-22H2,(H3-,37,38,39,41,44,46,47)/t28?,33-/m1/s1. The Bertz CT molecular complexity index is 2000. The first-order chi connectivity index (χ1) is 24.4. The van der Waals surface area contributed by atoms with Crippen molar-refractivity contribution in [3.8, 4) is 0 Å². The third kappa shape index (κ3) is 6.10. The summed E-state index contributed by atoms with van der Waals surface area (Å²) < 4.78 is 6.05. The predicted octanol–water partition coefficient (Wildman–Crippen LogP) is 2.22. The first-order valence-electron chi connectivity index (χ1n) is 15.5. The number of nitrogens with zero attached hydrogens (tertiary/aromatic N) is 5. The van der Waals surface area contributed by atoms with Crippen molar-refractivity contribution < 1.29 is 28.9 Å². The van der Waals surface area contributed by atoms with Gasteiger partial charge in [-0.05, 0) is 0 Å². The van der Waals surface area contributed by atoms with Gasteiger partial charge in [-0.3, -0.25) is 14.5 Å². The highest BCUT2D eigenvalue weighted by molar-refractivity contribution is 8.00. The number of nitrogens with one attached hydrogen (secondary N) is 1. The smallest absolute Gasteiger partial charge is 0.278 e. The number of oxime groups is 1. The van der Waals surface area contributed by atoms with Gasteiger partial charge in [-0.15, -0.1) is 11.8 Å². The van der Waals surface area contributed by atoms with Crippen molar-refractivity contribution in [3.63, 3.8) is 0 Å². The van der Waals surface area contributed by atoms with Gasteiger partial charge in [-0.1, -0.05) is 102 Å². The zero-order chi connectivity index (χ0) is 34.7. The van der Waals surface area contributed by atoms with E-state index in [0.29, 0.717) is 11.3 Å². The van der Waals surface area contributed by atoms with Gasteiger partial charge in [0.2, 0.25) is 17.1 Å². The summed E-state index contributed by atoms with van der Waals surface area (Å²) in [4.78, 5) is 51.8. The van der Waals surface area contributed by atoms with E-state index in [1.807, 2.05) is 126 Å². The maximum Gasteiger partial charge on any atom is 0.278 e. The molecule has 7 rings (SSSR count). The van der Waals surface area contributed by atoms with Gasteiger partial charge in [0.15, 0.2) is 24.1 Å². The van der Waals surface area contributed by atoms with Crippen LogP contribution in [0.1, 0.15) is 22.5 Å². The zero-order valence-corrected chi connectivity index (χ0v) is 27.9. The van der Waals surface area contributed by atoms with Crippen molar-refractivity contribution in [1.82, 2.24) is 19.6 Å². The second-order valence-electron chi connectivity index (χ2n) is 11.4. The van der Waals surface area contributed by atoms with Gasteiger partial charge < -0.3 is 25.8 Å². The van der Waals surface area contributed by atoms with Gasteiger partial charge in [0.25, 0.3) is 11.8 Å². The number of carbonyl (C=O) groups excluding carboxylic acids is 3. The van der Waals surface area contributed by atoms with Crippen LogP contribution in [0.3, 0.4) is 0 Å². The second kappa shape index (κ2) is 13.9. The molecular weight excluding hydrogens is 675 g/mol. The number of β-lactam (4-membered cyclic amide) rings is 1. The molecule has 0 radical (unpaired) electrons. The number of hydrogen-bond donors (Lipinski definition) is 2. The lowest BCUT2D eigenvalue weighted by Gasteiger charge is -2.50. The van der Waals surface area contributed by atoms with Gasteiger partial charge in [0.05, 0.1) is 11.7 Å². The summed E-state index contributed by atoms with van der Waals surface area (Å²) in [6.45, 7) is 0.266. The molecule has 250 valence electrons. The molecule has 50 heavy (non-hydrogen) atoms. The molecule has 4 heterocycles. The Morgan fingerprint density at radius 2 is 1.50 bits per heavy atom. The summed E-state index contributed by atoms with van der Waals surface area (Å²) in [7, 11) is 0. The van der Waals surface area contributed by atoms with Crippen molar-refractivity contribution in [3.05, 3.63) is 155 Å². The predicted molar refractivity (Wildman–Crippen MR) is 185 cm³/mol. The molecule has 1 unspecified atom stereocenters. The molecule has 0 bridgehead atoms. The van der Waals surface area contributed by atoms with E-state index in [2.05, 4.69) is 19.8 Å². The summed E-state index contributed by atoms with van der Waals surface area (Å²) in [6.07, 6.45) is 3.61. The third-order valence-corrected chi connectivity index (χ3v) is 10.2. The molecule has 3 N–H and O–H groups in total. The molecule has 1 fully saturated rings. The monoisotopic (exact) mass is 703 g/mol. The minimum absolute atomic E-state index is 0.0921. The molecule has 1 saturated heterocycles. The van der Waals surface area contributed by atoms with E-state index in [-0.39, 0.29) is 28.9 Å². The number of rotatable bonds is 11. The molecule has 14 heteroatoms. The maximum atomic E-state index is 14.1. The number of fused-ring (bicyclic) bond motifs is 1. The second-order valence-corrected chi connectivity index (χ2v) is 13.3. The molecular formula is C36H29N7O5S2. The fourth-order valence-electron chi connectivity index (χ4n) is 6.07. The van der Waals surface area contributed by atoms with Crippen LogP contribution in [0.4, 0.5) is 5.13 Å². The number of nitrogen functional groups attached to an aromatic ring is 1.